The maximum Gasteiger partial charge on any atom is 0.338 e. The van der Waals surface area contributed by atoms with E-state index >= 15 is 0 Å². The van der Waals surface area contributed by atoms with Crippen LogP contribution in [0.2, 0.25) is 0 Å². The molecule has 0 heterocycles. The summed E-state index contributed by atoms with van der Waals surface area (Å²) < 4.78 is 18.9. The highest BCUT2D eigenvalue weighted by Gasteiger charge is 2.15. The van der Waals surface area contributed by atoms with Crippen molar-refractivity contribution >= 4 is 18.0 Å². The van der Waals surface area contributed by atoms with Crippen molar-refractivity contribution in [3.8, 4) is 5.75 Å². The van der Waals surface area contributed by atoms with E-state index in [-0.39, 0.29) is 0 Å². The predicted molar refractivity (Wildman–Crippen MR) is 100 cm³/mol. The van der Waals surface area contributed by atoms with E-state index in [2.05, 4.69) is 0 Å². The summed E-state index contributed by atoms with van der Waals surface area (Å²) in [7, 11) is 0. The van der Waals surface area contributed by atoms with Crippen molar-refractivity contribution in [3.63, 3.8) is 0 Å². The number of hydrogen-bond donors (Lipinski definition) is 1. The average Bonchev–Trinajstić information content (AvgIpc) is 2.67. The number of ether oxygens (including phenoxy) is 1. The van der Waals surface area contributed by atoms with E-state index in [1.165, 1.54) is 55.9 Å². The Morgan fingerprint density at radius 3 is 2.37 bits per heavy atom. The molecule has 3 rings (SSSR count). The summed E-state index contributed by atoms with van der Waals surface area (Å²) in [5.74, 6) is -1.72. The van der Waals surface area contributed by atoms with Crippen LogP contribution >= 0.6 is 0 Å². The predicted octanol–water partition coefficient (Wildman–Crippen LogP) is 5.19. The van der Waals surface area contributed by atoms with E-state index in [0.29, 0.717) is 17.2 Å². The summed E-state index contributed by atoms with van der Waals surface area (Å²) in [6.07, 6.45) is 8.82. The Morgan fingerprint density at radius 2 is 1.74 bits per heavy atom. The fourth-order valence-corrected chi connectivity index (χ4v) is 3.37. The number of benzene rings is 2. The van der Waals surface area contributed by atoms with Gasteiger partial charge in [-0.1, -0.05) is 37.5 Å². The first-order chi connectivity index (χ1) is 13.0. The number of carboxylic acid groups (broad SMARTS) is 1. The highest BCUT2D eigenvalue weighted by molar-refractivity contribution is 5.90. The molecule has 27 heavy (non-hydrogen) atoms. The summed E-state index contributed by atoms with van der Waals surface area (Å²) in [5, 5.41) is 8.81. The number of esters is 1. The molecular formula is C22H21FO4. The molecule has 0 aliphatic heterocycles. The first-order valence-corrected chi connectivity index (χ1v) is 9.05. The van der Waals surface area contributed by atoms with Gasteiger partial charge in [0, 0.05) is 6.08 Å². The van der Waals surface area contributed by atoms with Crippen LogP contribution in [0.3, 0.4) is 0 Å². The molecule has 140 valence electrons. The number of carboxylic acids is 1. The third-order valence-corrected chi connectivity index (χ3v) is 4.81. The highest BCUT2D eigenvalue weighted by Crippen LogP contribution is 2.33. The first-order valence-electron chi connectivity index (χ1n) is 9.05. The maximum atomic E-state index is 13.6. The molecular weight excluding hydrogens is 347 g/mol. The number of aromatic carboxylic acids is 1. The van der Waals surface area contributed by atoms with Crippen molar-refractivity contribution in [3.05, 3.63) is 71.0 Å². The molecule has 0 radical (unpaired) electrons. The average molecular weight is 368 g/mol. The van der Waals surface area contributed by atoms with E-state index in [1.54, 1.807) is 12.1 Å². The number of carbonyl (C=O) groups excluding carboxylic acids is 1. The van der Waals surface area contributed by atoms with Crippen molar-refractivity contribution in [1.29, 1.82) is 0 Å². The fraction of sp³-hybridized carbons (Fsp3) is 0.273. The van der Waals surface area contributed by atoms with Gasteiger partial charge in [0.05, 0.1) is 5.56 Å². The van der Waals surface area contributed by atoms with Crippen LogP contribution in [0.4, 0.5) is 4.39 Å². The van der Waals surface area contributed by atoms with Crippen LogP contribution in [0.1, 0.15) is 59.5 Å². The molecule has 0 unspecified atom stereocenters. The van der Waals surface area contributed by atoms with Gasteiger partial charge in [0.25, 0.3) is 0 Å². The standard InChI is InChI=1S/C22H21FO4/c23-20-14-15(6-12-19(20)22(25)26)7-13-21(24)27-18-10-8-17(9-11-18)16-4-2-1-3-5-16/h6-14,16H,1-5H2,(H,25,26)/b13-7+. The molecule has 0 amide bonds. The van der Waals surface area contributed by atoms with Crippen LogP contribution in [0.15, 0.2) is 48.5 Å². The largest absolute Gasteiger partial charge is 0.478 e. The molecule has 0 bridgehead atoms. The molecule has 1 fully saturated rings. The van der Waals surface area contributed by atoms with E-state index in [4.69, 9.17) is 9.84 Å². The van der Waals surface area contributed by atoms with E-state index in [9.17, 15) is 14.0 Å². The van der Waals surface area contributed by atoms with Gasteiger partial charge in [0.15, 0.2) is 0 Å². The number of hydrogen-bond acceptors (Lipinski definition) is 3. The molecule has 0 saturated heterocycles. The van der Waals surface area contributed by atoms with Gasteiger partial charge >= 0.3 is 11.9 Å². The van der Waals surface area contributed by atoms with Crippen molar-refractivity contribution in [2.75, 3.05) is 0 Å². The molecule has 1 aliphatic rings. The summed E-state index contributed by atoms with van der Waals surface area (Å²) in [6.45, 7) is 0. The fourth-order valence-electron chi connectivity index (χ4n) is 3.37. The van der Waals surface area contributed by atoms with Crippen molar-refractivity contribution in [1.82, 2.24) is 0 Å². The Kier molecular flexibility index (Phi) is 6.01. The molecule has 2 aromatic rings. The third kappa shape index (κ3) is 5.03. The first kappa shape index (κ1) is 18.8. The summed E-state index contributed by atoms with van der Waals surface area (Å²) >= 11 is 0. The van der Waals surface area contributed by atoms with Gasteiger partial charge in [-0.15, -0.1) is 0 Å². The Morgan fingerprint density at radius 1 is 1.04 bits per heavy atom. The highest BCUT2D eigenvalue weighted by atomic mass is 19.1. The zero-order valence-corrected chi connectivity index (χ0v) is 14.9. The lowest BCUT2D eigenvalue weighted by Gasteiger charge is -2.21. The van der Waals surface area contributed by atoms with E-state index in [1.807, 2.05) is 12.1 Å². The Labute approximate surface area is 157 Å². The smallest absolute Gasteiger partial charge is 0.338 e. The Bertz CT molecular complexity index is 849. The summed E-state index contributed by atoms with van der Waals surface area (Å²) in [4.78, 5) is 22.7. The van der Waals surface area contributed by atoms with Gasteiger partial charge in [0.2, 0.25) is 0 Å². The Hall–Kier alpha value is -2.95. The maximum absolute atomic E-state index is 13.6. The van der Waals surface area contributed by atoms with Crippen LogP contribution in [0.25, 0.3) is 6.08 Å². The molecule has 5 heteroatoms. The lowest BCUT2D eigenvalue weighted by Crippen LogP contribution is -2.06. The van der Waals surface area contributed by atoms with Gasteiger partial charge < -0.3 is 9.84 Å². The lowest BCUT2D eigenvalue weighted by atomic mass is 9.84. The van der Waals surface area contributed by atoms with Crippen LogP contribution in [0, 0.1) is 5.82 Å². The SMILES string of the molecule is O=C(/C=C/c1ccc(C(=O)O)c(F)c1)Oc1ccc(C2CCCCC2)cc1. The van der Waals surface area contributed by atoms with Crippen LogP contribution < -0.4 is 4.74 Å². The zero-order chi connectivity index (χ0) is 19.2. The van der Waals surface area contributed by atoms with Crippen molar-refractivity contribution < 1.29 is 23.8 Å². The van der Waals surface area contributed by atoms with Gasteiger partial charge in [-0.3, -0.25) is 0 Å². The normalized spacial score (nSPS) is 15.0. The van der Waals surface area contributed by atoms with Gasteiger partial charge in [-0.2, -0.15) is 0 Å². The molecule has 1 aliphatic carbocycles. The molecule has 0 atom stereocenters. The zero-order valence-electron chi connectivity index (χ0n) is 14.9. The van der Waals surface area contributed by atoms with Crippen LogP contribution in [-0.4, -0.2) is 17.0 Å². The summed E-state index contributed by atoms with van der Waals surface area (Å²) in [6, 6.07) is 11.2. The van der Waals surface area contributed by atoms with Crippen molar-refractivity contribution in [2.24, 2.45) is 0 Å². The second-order valence-electron chi connectivity index (χ2n) is 6.70. The van der Waals surface area contributed by atoms with E-state index in [0.717, 1.165) is 12.1 Å². The lowest BCUT2D eigenvalue weighted by molar-refractivity contribution is -0.128. The third-order valence-electron chi connectivity index (χ3n) is 4.81. The van der Waals surface area contributed by atoms with Crippen LogP contribution in [-0.2, 0) is 4.79 Å². The van der Waals surface area contributed by atoms with E-state index < -0.39 is 23.3 Å². The number of halogens is 1. The molecule has 0 aromatic heterocycles. The van der Waals surface area contributed by atoms with Gasteiger partial charge in [-0.05, 0) is 60.2 Å². The molecule has 4 nitrogen and oxygen atoms in total. The van der Waals surface area contributed by atoms with Gasteiger partial charge in [-0.25, -0.2) is 14.0 Å². The van der Waals surface area contributed by atoms with Gasteiger partial charge in [0.1, 0.15) is 11.6 Å². The molecule has 1 N–H and O–H groups in total. The molecule has 0 spiro atoms. The molecule has 1 saturated carbocycles. The second-order valence-corrected chi connectivity index (χ2v) is 6.70. The Balaban J connectivity index is 1.59. The van der Waals surface area contributed by atoms with Crippen molar-refractivity contribution in [2.45, 2.75) is 38.0 Å². The molecule has 2 aromatic carbocycles. The van der Waals surface area contributed by atoms with Crippen LogP contribution in [0.5, 0.6) is 5.75 Å². The topological polar surface area (TPSA) is 63.6 Å². The number of rotatable bonds is 5. The minimum Gasteiger partial charge on any atom is -0.478 e. The summed E-state index contributed by atoms with van der Waals surface area (Å²) in [5.41, 5.74) is 1.24. The minimum absolute atomic E-state index is 0.377. The monoisotopic (exact) mass is 368 g/mol. The number of carbonyl (C=O) groups is 2. The quantitative estimate of drug-likeness (QED) is 0.448. The minimum atomic E-state index is -1.33. The second kappa shape index (κ2) is 8.62.